The summed E-state index contributed by atoms with van der Waals surface area (Å²) in [5, 5.41) is 0. The lowest BCUT2D eigenvalue weighted by Crippen LogP contribution is -2.08. The predicted molar refractivity (Wildman–Crippen MR) is 89.5 cm³/mol. The lowest BCUT2D eigenvalue weighted by Gasteiger charge is -2.06. The Morgan fingerprint density at radius 2 is 1.64 bits per heavy atom. The molecule has 0 aliphatic heterocycles. The minimum absolute atomic E-state index is 0.170. The van der Waals surface area contributed by atoms with Crippen LogP contribution in [0.3, 0.4) is 0 Å². The van der Waals surface area contributed by atoms with E-state index in [2.05, 4.69) is 16.9 Å². The number of nitrogen functional groups attached to an aromatic ring is 1. The lowest BCUT2D eigenvalue weighted by molar-refractivity contribution is 1.12. The zero-order valence-corrected chi connectivity index (χ0v) is 12.3. The van der Waals surface area contributed by atoms with Crippen molar-refractivity contribution in [3.63, 3.8) is 0 Å². The van der Waals surface area contributed by atoms with Crippen molar-refractivity contribution in [2.24, 2.45) is 0 Å². The van der Waals surface area contributed by atoms with Crippen LogP contribution in [-0.2, 0) is 6.42 Å². The molecule has 3 N–H and O–H groups in total. The monoisotopic (exact) mass is 291 g/mol. The van der Waals surface area contributed by atoms with Crippen molar-refractivity contribution in [3.05, 3.63) is 70.5 Å². The molecule has 3 rings (SSSR count). The van der Waals surface area contributed by atoms with Crippen LogP contribution in [0.4, 0.5) is 5.69 Å². The van der Waals surface area contributed by atoms with Crippen LogP contribution < -0.4 is 11.3 Å². The fraction of sp³-hybridized carbons (Fsp3) is 0.111. The maximum absolute atomic E-state index is 11.9. The highest BCUT2D eigenvalue weighted by molar-refractivity contribution is 5.65. The van der Waals surface area contributed by atoms with Crippen LogP contribution in [0.2, 0.25) is 0 Å². The summed E-state index contributed by atoms with van der Waals surface area (Å²) >= 11 is 0. The Kier molecular flexibility index (Phi) is 3.74. The van der Waals surface area contributed by atoms with E-state index in [0.717, 1.165) is 17.5 Å². The van der Waals surface area contributed by atoms with E-state index in [1.807, 2.05) is 36.4 Å². The zero-order chi connectivity index (χ0) is 15.5. The number of benzene rings is 2. The highest BCUT2D eigenvalue weighted by atomic mass is 16.1. The average Bonchev–Trinajstić information content (AvgIpc) is 2.55. The normalized spacial score (nSPS) is 10.6. The smallest absolute Gasteiger partial charge is 0.251 e. The third-order valence-electron chi connectivity index (χ3n) is 3.58. The number of aromatic amines is 1. The van der Waals surface area contributed by atoms with E-state index in [9.17, 15) is 4.79 Å². The maximum Gasteiger partial charge on any atom is 0.251 e. The van der Waals surface area contributed by atoms with Crippen LogP contribution >= 0.6 is 0 Å². The summed E-state index contributed by atoms with van der Waals surface area (Å²) in [4.78, 5) is 19.3. The van der Waals surface area contributed by atoms with Gasteiger partial charge in [-0.2, -0.15) is 0 Å². The lowest BCUT2D eigenvalue weighted by atomic mass is 10.1. The number of anilines is 1. The standard InChI is InChI=1S/C18H17N3O/c1-2-12-3-5-14(6-4-12)18-20-16(11-17(22)21-18)13-7-9-15(19)10-8-13/h3-11H,2,19H2,1H3,(H,20,21,22). The van der Waals surface area contributed by atoms with Crippen molar-refractivity contribution < 1.29 is 0 Å². The summed E-state index contributed by atoms with van der Waals surface area (Å²) in [6, 6.07) is 16.9. The molecule has 4 nitrogen and oxygen atoms in total. The largest absolute Gasteiger partial charge is 0.399 e. The molecule has 4 heteroatoms. The van der Waals surface area contributed by atoms with E-state index in [0.29, 0.717) is 17.2 Å². The van der Waals surface area contributed by atoms with Crippen molar-refractivity contribution >= 4 is 5.69 Å². The Bertz CT molecular complexity index is 833. The number of H-pyrrole nitrogens is 1. The van der Waals surface area contributed by atoms with Crippen molar-refractivity contribution in [2.75, 3.05) is 5.73 Å². The first-order valence-electron chi connectivity index (χ1n) is 7.22. The molecule has 0 fully saturated rings. The zero-order valence-electron chi connectivity index (χ0n) is 12.3. The topological polar surface area (TPSA) is 71.8 Å². The van der Waals surface area contributed by atoms with Crippen molar-refractivity contribution in [1.82, 2.24) is 9.97 Å². The van der Waals surface area contributed by atoms with Crippen molar-refractivity contribution in [2.45, 2.75) is 13.3 Å². The Balaban J connectivity index is 2.05. The van der Waals surface area contributed by atoms with Gasteiger partial charge in [-0.3, -0.25) is 4.79 Å². The Labute approximate surface area is 128 Å². The number of nitrogens with two attached hydrogens (primary N) is 1. The Morgan fingerprint density at radius 3 is 2.27 bits per heavy atom. The molecule has 22 heavy (non-hydrogen) atoms. The summed E-state index contributed by atoms with van der Waals surface area (Å²) < 4.78 is 0. The number of nitrogens with zero attached hydrogens (tertiary/aromatic N) is 1. The predicted octanol–water partition coefficient (Wildman–Crippen LogP) is 3.25. The number of hydrogen-bond acceptors (Lipinski definition) is 3. The van der Waals surface area contributed by atoms with Gasteiger partial charge in [0.05, 0.1) is 5.69 Å². The number of rotatable bonds is 3. The van der Waals surface area contributed by atoms with Gasteiger partial charge in [-0.1, -0.05) is 43.3 Å². The maximum atomic E-state index is 11.9. The van der Waals surface area contributed by atoms with Gasteiger partial charge in [0.15, 0.2) is 0 Å². The average molecular weight is 291 g/mol. The molecule has 0 spiro atoms. The number of aromatic nitrogens is 2. The first kappa shape index (κ1) is 14.1. The third-order valence-corrected chi connectivity index (χ3v) is 3.58. The quantitative estimate of drug-likeness (QED) is 0.728. The molecule has 1 aromatic heterocycles. The van der Waals surface area contributed by atoms with Crippen LogP contribution in [-0.4, -0.2) is 9.97 Å². The van der Waals surface area contributed by atoms with E-state index >= 15 is 0 Å². The van der Waals surface area contributed by atoms with Gasteiger partial charge in [-0.15, -0.1) is 0 Å². The van der Waals surface area contributed by atoms with E-state index in [-0.39, 0.29) is 5.56 Å². The van der Waals surface area contributed by atoms with E-state index in [1.165, 1.54) is 11.6 Å². The fourth-order valence-corrected chi connectivity index (χ4v) is 2.29. The van der Waals surface area contributed by atoms with Crippen LogP contribution in [0.5, 0.6) is 0 Å². The molecule has 110 valence electrons. The Hall–Kier alpha value is -2.88. The molecule has 0 amide bonds. The highest BCUT2D eigenvalue weighted by Crippen LogP contribution is 2.21. The van der Waals surface area contributed by atoms with Crippen molar-refractivity contribution in [1.29, 1.82) is 0 Å². The second-order valence-corrected chi connectivity index (χ2v) is 5.15. The van der Waals surface area contributed by atoms with Gasteiger partial charge in [0, 0.05) is 22.9 Å². The molecule has 0 aliphatic rings. The molecule has 0 radical (unpaired) electrons. The molecule has 2 aromatic carbocycles. The van der Waals surface area contributed by atoms with Crippen LogP contribution in [0, 0.1) is 0 Å². The first-order chi connectivity index (χ1) is 10.7. The van der Waals surface area contributed by atoms with Gasteiger partial charge in [-0.25, -0.2) is 4.98 Å². The van der Waals surface area contributed by atoms with Crippen LogP contribution in [0.1, 0.15) is 12.5 Å². The molecule has 0 atom stereocenters. The van der Waals surface area contributed by atoms with Crippen molar-refractivity contribution in [3.8, 4) is 22.6 Å². The molecular formula is C18H17N3O. The summed E-state index contributed by atoms with van der Waals surface area (Å²) in [5.41, 5.74) is 9.86. The molecule has 0 saturated heterocycles. The van der Waals surface area contributed by atoms with Gasteiger partial charge >= 0.3 is 0 Å². The molecule has 0 unspecified atom stereocenters. The molecule has 0 saturated carbocycles. The molecule has 1 heterocycles. The summed E-state index contributed by atoms with van der Waals surface area (Å²) in [5.74, 6) is 0.571. The molecule has 3 aromatic rings. The summed E-state index contributed by atoms with van der Waals surface area (Å²) in [6.45, 7) is 2.11. The second-order valence-electron chi connectivity index (χ2n) is 5.15. The van der Waals surface area contributed by atoms with Crippen LogP contribution in [0.25, 0.3) is 22.6 Å². The van der Waals surface area contributed by atoms with Gasteiger partial charge in [0.1, 0.15) is 5.82 Å². The second kappa shape index (κ2) is 5.85. The van der Waals surface area contributed by atoms with Gasteiger partial charge < -0.3 is 10.7 Å². The van der Waals surface area contributed by atoms with Crippen LogP contribution in [0.15, 0.2) is 59.4 Å². The van der Waals surface area contributed by atoms with E-state index < -0.39 is 0 Å². The third kappa shape index (κ3) is 2.91. The number of nitrogens with one attached hydrogen (secondary N) is 1. The highest BCUT2D eigenvalue weighted by Gasteiger charge is 2.06. The van der Waals surface area contributed by atoms with Gasteiger partial charge in [0.25, 0.3) is 5.56 Å². The molecular weight excluding hydrogens is 274 g/mol. The summed E-state index contributed by atoms with van der Waals surface area (Å²) in [6.07, 6.45) is 0.982. The van der Waals surface area contributed by atoms with E-state index in [4.69, 9.17) is 5.73 Å². The van der Waals surface area contributed by atoms with Gasteiger partial charge in [0.2, 0.25) is 0 Å². The fourth-order valence-electron chi connectivity index (χ4n) is 2.29. The molecule has 0 aliphatic carbocycles. The van der Waals surface area contributed by atoms with Gasteiger partial charge in [-0.05, 0) is 24.1 Å². The van der Waals surface area contributed by atoms with E-state index in [1.54, 1.807) is 12.1 Å². The summed E-state index contributed by atoms with van der Waals surface area (Å²) in [7, 11) is 0. The minimum atomic E-state index is -0.170. The number of hydrogen-bond donors (Lipinski definition) is 2. The minimum Gasteiger partial charge on any atom is -0.399 e. The first-order valence-corrected chi connectivity index (χ1v) is 7.22. The Morgan fingerprint density at radius 1 is 1.00 bits per heavy atom. The number of aryl methyl sites for hydroxylation is 1. The SMILES string of the molecule is CCc1ccc(-c2nc(-c3ccc(N)cc3)cc(=O)[nH]2)cc1. The molecule has 0 bridgehead atoms.